The summed E-state index contributed by atoms with van der Waals surface area (Å²) in [5, 5.41) is 7.98. The minimum atomic E-state index is 0.0798. The van der Waals surface area contributed by atoms with Crippen LogP contribution in [0.2, 0.25) is 0 Å². The van der Waals surface area contributed by atoms with Gasteiger partial charge in [0.25, 0.3) is 0 Å². The SMILES string of the molecule is CC[C@H](C)NC(=O)C1CCN(c2cc(C)nc3cc(-c4ccc(OC)cc4)nn23)CC1. The van der Waals surface area contributed by atoms with Gasteiger partial charge in [-0.3, -0.25) is 4.79 Å². The number of nitrogens with one attached hydrogen (secondary N) is 1. The first-order valence-electron chi connectivity index (χ1n) is 11.1. The third-order valence-electron chi connectivity index (χ3n) is 6.11. The van der Waals surface area contributed by atoms with Crippen molar-refractivity contribution in [3.63, 3.8) is 0 Å². The minimum absolute atomic E-state index is 0.0798. The van der Waals surface area contributed by atoms with Gasteiger partial charge >= 0.3 is 0 Å². The van der Waals surface area contributed by atoms with Crippen LogP contribution in [0.15, 0.2) is 36.4 Å². The van der Waals surface area contributed by atoms with Crippen molar-refractivity contribution in [3.05, 3.63) is 42.1 Å². The summed E-state index contributed by atoms with van der Waals surface area (Å²) in [5.41, 5.74) is 3.69. The average Bonchev–Trinajstić information content (AvgIpc) is 3.22. The number of fused-ring (bicyclic) bond motifs is 1. The van der Waals surface area contributed by atoms with Crippen LogP contribution in [0, 0.1) is 12.8 Å². The lowest BCUT2D eigenvalue weighted by molar-refractivity contribution is -0.126. The molecule has 4 rings (SSSR count). The topological polar surface area (TPSA) is 71.8 Å². The van der Waals surface area contributed by atoms with Crippen LogP contribution in [0.1, 0.15) is 38.8 Å². The van der Waals surface area contributed by atoms with Gasteiger partial charge in [0.1, 0.15) is 11.6 Å². The lowest BCUT2D eigenvalue weighted by atomic mass is 9.95. The van der Waals surface area contributed by atoms with E-state index in [1.165, 1.54) is 0 Å². The molecule has 31 heavy (non-hydrogen) atoms. The molecule has 1 aliphatic rings. The number of carbonyl (C=O) groups excluding carboxylic acids is 1. The maximum absolute atomic E-state index is 12.5. The summed E-state index contributed by atoms with van der Waals surface area (Å²) in [6.07, 6.45) is 2.64. The first-order valence-corrected chi connectivity index (χ1v) is 11.1. The number of aryl methyl sites for hydroxylation is 1. The molecule has 1 saturated heterocycles. The number of hydrogen-bond acceptors (Lipinski definition) is 5. The number of ether oxygens (including phenoxy) is 1. The van der Waals surface area contributed by atoms with E-state index in [0.717, 1.165) is 66.5 Å². The van der Waals surface area contributed by atoms with Crippen LogP contribution >= 0.6 is 0 Å². The van der Waals surface area contributed by atoms with Crippen molar-refractivity contribution >= 4 is 17.4 Å². The number of hydrogen-bond donors (Lipinski definition) is 1. The summed E-state index contributed by atoms with van der Waals surface area (Å²) in [5.74, 6) is 2.12. The predicted octanol–water partition coefficient (Wildman–Crippen LogP) is 3.84. The molecule has 3 aromatic rings. The first-order chi connectivity index (χ1) is 15.0. The zero-order valence-corrected chi connectivity index (χ0v) is 18.8. The van der Waals surface area contributed by atoms with Gasteiger partial charge in [0, 0.05) is 48.4 Å². The maximum Gasteiger partial charge on any atom is 0.223 e. The Bertz CT molecular complexity index is 1050. The molecule has 1 amide bonds. The van der Waals surface area contributed by atoms with E-state index in [-0.39, 0.29) is 17.9 Å². The summed E-state index contributed by atoms with van der Waals surface area (Å²) in [6, 6.07) is 12.2. The van der Waals surface area contributed by atoms with Gasteiger partial charge in [0.05, 0.1) is 12.8 Å². The highest BCUT2D eigenvalue weighted by molar-refractivity contribution is 5.79. The zero-order valence-electron chi connectivity index (χ0n) is 18.8. The second kappa shape index (κ2) is 8.96. The normalized spacial score (nSPS) is 15.8. The summed E-state index contributed by atoms with van der Waals surface area (Å²) in [7, 11) is 1.66. The predicted molar refractivity (Wildman–Crippen MR) is 123 cm³/mol. The van der Waals surface area contributed by atoms with E-state index in [9.17, 15) is 4.79 Å². The average molecular weight is 422 g/mol. The second-order valence-corrected chi connectivity index (χ2v) is 8.36. The number of anilines is 1. The van der Waals surface area contributed by atoms with Crippen molar-refractivity contribution in [2.45, 2.75) is 46.1 Å². The molecule has 1 N–H and O–H groups in total. The molecule has 1 fully saturated rings. The second-order valence-electron chi connectivity index (χ2n) is 8.36. The number of carbonyl (C=O) groups is 1. The Labute approximate surface area is 183 Å². The monoisotopic (exact) mass is 421 g/mol. The van der Waals surface area contributed by atoms with Crippen LogP contribution < -0.4 is 15.0 Å². The third-order valence-corrected chi connectivity index (χ3v) is 6.11. The summed E-state index contributed by atoms with van der Waals surface area (Å²) in [6.45, 7) is 7.82. The van der Waals surface area contributed by atoms with Crippen LogP contribution in [0.5, 0.6) is 5.75 Å². The molecule has 164 valence electrons. The molecule has 7 nitrogen and oxygen atoms in total. The molecule has 0 bridgehead atoms. The Morgan fingerprint density at radius 3 is 2.58 bits per heavy atom. The van der Waals surface area contributed by atoms with Gasteiger partial charge < -0.3 is 15.0 Å². The van der Waals surface area contributed by atoms with Crippen LogP contribution in [0.3, 0.4) is 0 Å². The molecular formula is C24H31N5O2. The van der Waals surface area contributed by atoms with Gasteiger partial charge in [0.15, 0.2) is 5.65 Å². The van der Waals surface area contributed by atoms with Crippen LogP contribution in [-0.4, -0.2) is 46.7 Å². The van der Waals surface area contributed by atoms with Crippen molar-refractivity contribution in [3.8, 4) is 17.0 Å². The fourth-order valence-electron chi connectivity index (χ4n) is 4.04. The van der Waals surface area contributed by atoms with E-state index in [2.05, 4.69) is 35.1 Å². The fraction of sp³-hybridized carbons (Fsp3) is 0.458. The number of piperidine rings is 1. The minimum Gasteiger partial charge on any atom is -0.497 e. The fourth-order valence-corrected chi connectivity index (χ4v) is 4.04. The van der Waals surface area contributed by atoms with Crippen molar-refractivity contribution in [1.82, 2.24) is 19.9 Å². The van der Waals surface area contributed by atoms with Crippen LogP contribution in [0.4, 0.5) is 5.82 Å². The third kappa shape index (κ3) is 4.50. The lowest BCUT2D eigenvalue weighted by Crippen LogP contribution is -2.43. The number of benzene rings is 1. The van der Waals surface area contributed by atoms with Gasteiger partial charge in [0.2, 0.25) is 5.91 Å². The molecule has 3 heterocycles. The number of nitrogens with zero attached hydrogens (tertiary/aromatic N) is 4. The number of amides is 1. The molecule has 0 aliphatic carbocycles. The van der Waals surface area contributed by atoms with Crippen LogP contribution in [-0.2, 0) is 4.79 Å². The molecule has 1 aromatic carbocycles. The zero-order chi connectivity index (χ0) is 22.0. The Kier molecular flexibility index (Phi) is 6.11. The van der Waals surface area contributed by atoms with Crippen molar-refractivity contribution in [2.24, 2.45) is 5.92 Å². The first kappa shape index (κ1) is 21.2. The van der Waals surface area contributed by atoms with Gasteiger partial charge in [-0.05, 0) is 57.4 Å². The molecule has 2 aromatic heterocycles. The Hall–Kier alpha value is -3.09. The molecule has 0 saturated carbocycles. The van der Waals surface area contributed by atoms with Gasteiger partial charge in [-0.15, -0.1) is 0 Å². The number of rotatable bonds is 6. The highest BCUT2D eigenvalue weighted by Crippen LogP contribution is 2.28. The van der Waals surface area contributed by atoms with E-state index >= 15 is 0 Å². The molecule has 0 spiro atoms. The summed E-state index contributed by atoms with van der Waals surface area (Å²) in [4.78, 5) is 19.5. The van der Waals surface area contributed by atoms with Crippen molar-refractivity contribution in [2.75, 3.05) is 25.1 Å². The van der Waals surface area contributed by atoms with E-state index < -0.39 is 0 Å². The lowest BCUT2D eigenvalue weighted by Gasteiger charge is -2.33. The van der Waals surface area contributed by atoms with Gasteiger partial charge in [-0.2, -0.15) is 9.61 Å². The molecule has 0 unspecified atom stereocenters. The van der Waals surface area contributed by atoms with Crippen LogP contribution in [0.25, 0.3) is 16.9 Å². The smallest absolute Gasteiger partial charge is 0.223 e. The Morgan fingerprint density at radius 1 is 1.23 bits per heavy atom. The molecule has 7 heteroatoms. The molecule has 1 atom stereocenters. The maximum atomic E-state index is 12.5. The van der Waals surface area contributed by atoms with Gasteiger partial charge in [-0.1, -0.05) is 6.92 Å². The van der Waals surface area contributed by atoms with E-state index in [0.29, 0.717) is 0 Å². The largest absolute Gasteiger partial charge is 0.497 e. The quantitative estimate of drug-likeness (QED) is 0.655. The molecular weight excluding hydrogens is 390 g/mol. The molecule has 1 aliphatic heterocycles. The van der Waals surface area contributed by atoms with Gasteiger partial charge in [-0.25, -0.2) is 4.98 Å². The van der Waals surface area contributed by atoms with E-state index in [1.54, 1.807) is 7.11 Å². The Morgan fingerprint density at radius 2 is 1.94 bits per heavy atom. The molecule has 0 radical (unpaired) electrons. The Balaban J connectivity index is 1.55. The highest BCUT2D eigenvalue weighted by atomic mass is 16.5. The highest BCUT2D eigenvalue weighted by Gasteiger charge is 2.27. The van der Waals surface area contributed by atoms with E-state index in [4.69, 9.17) is 9.84 Å². The number of methoxy groups -OCH3 is 1. The summed E-state index contributed by atoms with van der Waals surface area (Å²) >= 11 is 0. The standard InChI is InChI=1S/C24H31N5O2/c1-5-16(2)26-24(30)19-10-12-28(13-11-19)23-14-17(3)25-22-15-21(27-29(22)23)18-6-8-20(31-4)9-7-18/h6-9,14-16,19H,5,10-13H2,1-4H3,(H,26,30)/t16-/m0/s1. The number of aromatic nitrogens is 3. The van der Waals surface area contributed by atoms with E-state index in [1.807, 2.05) is 41.8 Å². The summed E-state index contributed by atoms with van der Waals surface area (Å²) < 4.78 is 7.18. The van der Waals surface area contributed by atoms with Crippen molar-refractivity contribution in [1.29, 1.82) is 0 Å². The van der Waals surface area contributed by atoms with Crippen molar-refractivity contribution < 1.29 is 9.53 Å².